The zero-order chi connectivity index (χ0) is 15.2. The first-order valence-corrected chi connectivity index (χ1v) is 7.28. The van der Waals surface area contributed by atoms with E-state index < -0.39 is 0 Å². The quantitative estimate of drug-likeness (QED) is 0.843. The van der Waals surface area contributed by atoms with Gasteiger partial charge in [-0.2, -0.15) is 0 Å². The minimum Gasteiger partial charge on any atom is -0.496 e. The van der Waals surface area contributed by atoms with Crippen molar-refractivity contribution < 1.29 is 9.47 Å². The second-order valence-corrected chi connectivity index (χ2v) is 5.02. The fourth-order valence-corrected chi connectivity index (χ4v) is 2.42. The van der Waals surface area contributed by atoms with Crippen LogP contribution < -0.4 is 14.8 Å². The zero-order valence-corrected chi connectivity index (χ0v) is 13.1. The first-order chi connectivity index (χ1) is 10.2. The molecule has 1 atom stereocenters. The van der Waals surface area contributed by atoms with Gasteiger partial charge in [0.2, 0.25) is 0 Å². The summed E-state index contributed by atoms with van der Waals surface area (Å²) < 4.78 is 11.0. The van der Waals surface area contributed by atoms with E-state index in [-0.39, 0.29) is 6.04 Å². The van der Waals surface area contributed by atoms with Gasteiger partial charge in [0.05, 0.1) is 19.8 Å². The Morgan fingerprint density at radius 2 is 1.86 bits per heavy atom. The van der Waals surface area contributed by atoms with Crippen molar-refractivity contribution >= 4 is 5.69 Å². The van der Waals surface area contributed by atoms with Gasteiger partial charge in [0.15, 0.2) is 0 Å². The standard InChI is InChI=1S/C18H23NO2/c1-5-21-18-9-7-6-8-16(18)14(3)19-15-10-11-17(20-4)13(2)12-15/h6-12,14,19H,5H2,1-4H3. The monoisotopic (exact) mass is 285 g/mol. The van der Waals surface area contributed by atoms with Gasteiger partial charge in [-0.3, -0.25) is 0 Å². The predicted molar refractivity (Wildman–Crippen MR) is 87.4 cm³/mol. The Balaban J connectivity index is 2.18. The highest BCUT2D eigenvalue weighted by Crippen LogP contribution is 2.29. The van der Waals surface area contributed by atoms with Crippen molar-refractivity contribution in [2.45, 2.75) is 26.8 Å². The fourth-order valence-electron chi connectivity index (χ4n) is 2.42. The summed E-state index contributed by atoms with van der Waals surface area (Å²) >= 11 is 0. The van der Waals surface area contributed by atoms with Crippen molar-refractivity contribution in [3.05, 3.63) is 53.6 Å². The maximum Gasteiger partial charge on any atom is 0.124 e. The van der Waals surface area contributed by atoms with E-state index in [1.165, 1.54) is 0 Å². The molecular formula is C18H23NO2. The molecule has 21 heavy (non-hydrogen) atoms. The third kappa shape index (κ3) is 3.69. The van der Waals surface area contributed by atoms with Crippen molar-refractivity contribution in [2.75, 3.05) is 19.0 Å². The van der Waals surface area contributed by atoms with Crippen LogP contribution in [0.4, 0.5) is 5.69 Å². The Morgan fingerprint density at radius 1 is 1.10 bits per heavy atom. The van der Waals surface area contributed by atoms with Crippen molar-refractivity contribution in [1.29, 1.82) is 0 Å². The van der Waals surface area contributed by atoms with E-state index in [1.807, 2.05) is 44.2 Å². The molecule has 0 aliphatic rings. The summed E-state index contributed by atoms with van der Waals surface area (Å²) in [5, 5.41) is 3.51. The molecule has 2 aromatic carbocycles. The summed E-state index contributed by atoms with van der Waals surface area (Å²) in [6.07, 6.45) is 0. The molecule has 1 unspecified atom stereocenters. The van der Waals surface area contributed by atoms with E-state index in [9.17, 15) is 0 Å². The number of aryl methyl sites for hydroxylation is 1. The van der Waals surface area contributed by atoms with Crippen LogP contribution in [0.3, 0.4) is 0 Å². The van der Waals surface area contributed by atoms with Crippen molar-refractivity contribution in [2.24, 2.45) is 0 Å². The molecule has 0 fully saturated rings. The molecule has 2 rings (SSSR count). The second kappa shape index (κ2) is 7.02. The number of ether oxygens (including phenoxy) is 2. The highest BCUT2D eigenvalue weighted by molar-refractivity contribution is 5.53. The Labute approximate surface area is 126 Å². The van der Waals surface area contributed by atoms with Crippen LogP contribution in [0.5, 0.6) is 11.5 Å². The number of anilines is 1. The number of methoxy groups -OCH3 is 1. The number of hydrogen-bond donors (Lipinski definition) is 1. The van der Waals surface area contributed by atoms with Gasteiger partial charge >= 0.3 is 0 Å². The number of rotatable bonds is 6. The first kappa shape index (κ1) is 15.2. The van der Waals surface area contributed by atoms with Crippen molar-refractivity contribution in [1.82, 2.24) is 0 Å². The summed E-state index contributed by atoms with van der Waals surface area (Å²) in [6, 6.07) is 14.4. The van der Waals surface area contributed by atoms with Crippen LogP contribution in [0.15, 0.2) is 42.5 Å². The molecule has 0 saturated carbocycles. The third-order valence-electron chi connectivity index (χ3n) is 3.46. The molecule has 3 heteroatoms. The van der Waals surface area contributed by atoms with E-state index in [4.69, 9.17) is 9.47 Å². The lowest BCUT2D eigenvalue weighted by Crippen LogP contribution is -2.09. The summed E-state index contributed by atoms with van der Waals surface area (Å²) in [5.41, 5.74) is 3.35. The summed E-state index contributed by atoms with van der Waals surface area (Å²) in [7, 11) is 1.69. The van der Waals surface area contributed by atoms with Gasteiger partial charge in [0.1, 0.15) is 11.5 Å². The molecule has 0 aliphatic heterocycles. The molecule has 2 aromatic rings. The maximum atomic E-state index is 5.70. The minimum absolute atomic E-state index is 0.167. The van der Waals surface area contributed by atoms with Crippen LogP contribution in [0.2, 0.25) is 0 Å². The van der Waals surface area contributed by atoms with Gasteiger partial charge in [0.25, 0.3) is 0 Å². The van der Waals surface area contributed by atoms with Gasteiger partial charge in [-0.05, 0) is 50.6 Å². The molecule has 0 aliphatic carbocycles. The van der Waals surface area contributed by atoms with Crippen LogP contribution in [0, 0.1) is 6.92 Å². The topological polar surface area (TPSA) is 30.5 Å². The molecule has 1 N–H and O–H groups in total. The smallest absolute Gasteiger partial charge is 0.124 e. The number of benzene rings is 2. The van der Waals surface area contributed by atoms with Gasteiger partial charge in [-0.1, -0.05) is 18.2 Å². The lowest BCUT2D eigenvalue weighted by Gasteiger charge is -2.19. The van der Waals surface area contributed by atoms with Crippen molar-refractivity contribution in [3.8, 4) is 11.5 Å². The van der Waals surface area contributed by atoms with E-state index in [0.717, 1.165) is 28.3 Å². The lowest BCUT2D eigenvalue weighted by molar-refractivity contribution is 0.335. The normalized spacial score (nSPS) is 11.8. The maximum absolute atomic E-state index is 5.70. The molecule has 0 spiro atoms. The largest absolute Gasteiger partial charge is 0.496 e. The highest BCUT2D eigenvalue weighted by atomic mass is 16.5. The van der Waals surface area contributed by atoms with Gasteiger partial charge in [-0.25, -0.2) is 0 Å². The van der Waals surface area contributed by atoms with Crippen LogP contribution in [-0.2, 0) is 0 Å². The predicted octanol–water partition coefficient (Wildman–Crippen LogP) is 4.58. The summed E-state index contributed by atoms with van der Waals surface area (Å²) in [5.74, 6) is 1.84. The Hall–Kier alpha value is -2.16. The molecule has 0 amide bonds. The minimum atomic E-state index is 0.167. The zero-order valence-electron chi connectivity index (χ0n) is 13.1. The Bertz CT molecular complexity index is 596. The molecule has 0 saturated heterocycles. The number of para-hydroxylation sites is 1. The Kier molecular flexibility index (Phi) is 5.09. The lowest BCUT2D eigenvalue weighted by atomic mass is 10.1. The van der Waals surface area contributed by atoms with E-state index >= 15 is 0 Å². The molecule has 0 heterocycles. The van der Waals surface area contributed by atoms with Crippen molar-refractivity contribution in [3.63, 3.8) is 0 Å². The molecule has 0 radical (unpaired) electrons. The molecule has 0 aromatic heterocycles. The summed E-state index contributed by atoms with van der Waals surface area (Å²) in [6.45, 7) is 6.85. The van der Waals surface area contributed by atoms with E-state index in [0.29, 0.717) is 6.61 Å². The van der Waals surface area contributed by atoms with Crippen LogP contribution >= 0.6 is 0 Å². The molecular weight excluding hydrogens is 262 g/mol. The van der Waals surface area contributed by atoms with Gasteiger partial charge in [0, 0.05) is 11.3 Å². The number of nitrogens with one attached hydrogen (secondary N) is 1. The average Bonchev–Trinajstić information content (AvgIpc) is 2.48. The van der Waals surface area contributed by atoms with E-state index in [1.54, 1.807) is 7.11 Å². The first-order valence-electron chi connectivity index (χ1n) is 7.28. The fraction of sp³-hybridized carbons (Fsp3) is 0.333. The van der Waals surface area contributed by atoms with Gasteiger partial charge in [-0.15, -0.1) is 0 Å². The van der Waals surface area contributed by atoms with Crippen LogP contribution in [0.25, 0.3) is 0 Å². The third-order valence-corrected chi connectivity index (χ3v) is 3.46. The molecule has 3 nitrogen and oxygen atoms in total. The van der Waals surface area contributed by atoms with Crippen LogP contribution in [0.1, 0.15) is 31.0 Å². The SMILES string of the molecule is CCOc1ccccc1C(C)Nc1ccc(OC)c(C)c1. The molecule has 0 bridgehead atoms. The highest BCUT2D eigenvalue weighted by Gasteiger charge is 2.11. The van der Waals surface area contributed by atoms with E-state index in [2.05, 4.69) is 24.4 Å². The second-order valence-electron chi connectivity index (χ2n) is 5.02. The molecule has 112 valence electrons. The summed E-state index contributed by atoms with van der Waals surface area (Å²) in [4.78, 5) is 0. The van der Waals surface area contributed by atoms with Crippen LogP contribution in [-0.4, -0.2) is 13.7 Å². The van der Waals surface area contributed by atoms with Gasteiger partial charge < -0.3 is 14.8 Å². The number of hydrogen-bond acceptors (Lipinski definition) is 3. The average molecular weight is 285 g/mol. The Morgan fingerprint density at radius 3 is 2.52 bits per heavy atom.